The van der Waals surface area contributed by atoms with Gasteiger partial charge in [-0.15, -0.1) is 11.3 Å². The lowest BCUT2D eigenvalue weighted by Gasteiger charge is -2.22. The van der Waals surface area contributed by atoms with Crippen LogP contribution in [0.3, 0.4) is 0 Å². The van der Waals surface area contributed by atoms with E-state index >= 15 is 0 Å². The maximum Gasteiger partial charge on any atom is 0.269 e. The lowest BCUT2D eigenvalue weighted by atomic mass is 10.1. The molecule has 1 fully saturated rings. The molecule has 1 aliphatic heterocycles. The number of halogens is 1. The third-order valence-corrected chi connectivity index (χ3v) is 5.01. The number of fused-ring (bicyclic) bond motifs is 1. The Labute approximate surface area is 146 Å². The Balaban J connectivity index is 1.60. The first-order chi connectivity index (χ1) is 12.1. The van der Waals surface area contributed by atoms with Crippen LogP contribution in [-0.2, 0) is 4.79 Å². The Hall–Kier alpha value is -2.74. The molecule has 0 bridgehead atoms. The molecule has 2 aromatic heterocycles. The van der Waals surface area contributed by atoms with E-state index in [4.69, 9.17) is 0 Å². The second-order valence-electron chi connectivity index (χ2n) is 5.87. The summed E-state index contributed by atoms with van der Waals surface area (Å²) >= 11 is 1.34. The van der Waals surface area contributed by atoms with Gasteiger partial charge in [0, 0.05) is 23.7 Å². The van der Waals surface area contributed by atoms with Gasteiger partial charge in [-0.2, -0.15) is 0 Å². The molecule has 2 N–H and O–H groups in total. The minimum absolute atomic E-state index is 0.149. The average molecular weight is 358 g/mol. The summed E-state index contributed by atoms with van der Waals surface area (Å²) in [5.41, 5.74) is 1.87. The minimum Gasteiger partial charge on any atom is -0.354 e. The molecule has 128 valence electrons. The number of piperidine rings is 1. The van der Waals surface area contributed by atoms with Crippen molar-refractivity contribution in [2.24, 2.45) is 0 Å². The van der Waals surface area contributed by atoms with E-state index in [0.717, 1.165) is 12.0 Å². The molecule has 3 aromatic rings. The summed E-state index contributed by atoms with van der Waals surface area (Å²) in [6, 6.07) is 5.54. The molecule has 0 unspecified atom stereocenters. The van der Waals surface area contributed by atoms with Crippen molar-refractivity contribution in [2.75, 3.05) is 6.54 Å². The lowest BCUT2D eigenvalue weighted by molar-refractivity contribution is -0.124. The van der Waals surface area contributed by atoms with E-state index in [-0.39, 0.29) is 17.6 Å². The van der Waals surface area contributed by atoms with Gasteiger partial charge >= 0.3 is 0 Å². The molecule has 25 heavy (non-hydrogen) atoms. The molecule has 0 aliphatic carbocycles. The molecule has 1 aromatic carbocycles. The van der Waals surface area contributed by atoms with Gasteiger partial charge in [-0.3, -0.25) is 14.0 Å². The van der Waals surface area contributed by atoms with E-state index in [0.29, 0.717) is 29.3 Å². The van der Waals surface area contributed by atoms with Gasteiger partial charge in [-0.1, -0.05) is 0 Å². The number of nitrogens with zero attached hydrogens (tertiary/aromatic N) is 2. The van der Waals surface area contributed by atoms with E-state index in [1.54, 1.807) is 28.1 Å². The Morgan fingerprint density at radius 2 is 2.16 bits per heavy atom. The number of nitrogens with one attached hydrogen (secondary N) is 2. The van der Waals surface area contributed by atoms with Gasteiger partial charge in [-0.05, 0) is 37.1 Å². The molecule has 1 aliphatic rings. The van der Waals surface area contributed by atoms with Crippen molar-refractivity contribution < 1.29 is 14.0 Å². The maximum absolute atomic E-state index is 13.1. The number of aromatic nitrogens is 2. The smallest absolute Gasteiger partial charge is 0.269 e. The molecule has 0 spiro atoms. The van der Waals surface area contributed by atoms with Crippen molar-refractivity contribution >= 4 is 28.1 Å². The van der Waals surface area contributed by atoms with E-state index < -0.39 is 6.04 Å². The van der Waals surface area contributed by atoms with Crippen LogP contribution >= 0.6 is 11.3 Å². The molecular weight excluding hydrogens is 343 g/mol. The lowest BCUT2D eigenvalue weighted by Crippen LogP contribution is -2.50. The molecule has 3 heterocycles. The van der Waals surface area contributed by atoms with Gasteiger partial charge in [0.05, 0.1) is 5.69 Å². The third-order valence-electron chi connectivity index (χ3n) is 4.17. The van der Waals surface area contributed by atoms with Crippen molar-refractivity contribution in [1.82, 2.24) is 20.0 Å². The molecular formula is C17H15FN4O2S. The van der Waals surface area contributed by atoms with Crippen LogP contribution in [0.15, 0.2) is 35.8 Å². The first kappa shape index (κ1) is 15.8. The quantitative estimate of drug-likeness (QED) is 0.754. The summed E-state index contributed by atoms with van der Waals surface area (Å²) in [6.07, 6.45) is 3.22. The number of amides is 2. The van der Waals surface area contributed by atoms with Gasteiger partial charge < -0.3 is 10.6 Å². The van der Waals surface area contributed by atoms with Crippen LogP contribution in [0.2, 0.25) is 0 Å². The third kappa shape index (κ3) is 3.00. The zero-order chi connectivity index (χ0) is 17.4. The number of hydrogen-bond acceptors (Lipinski definition) is 4. The van der Waals surface area contributed by atoms with Crippen molar-refractivity contribution in [2.45, 2.75) is 18.9 Å². The number of rotatable bonds is 3. The van der Waals surface area contributed by atoms with E-state index in [2.05, 4.69) is 15.6 Å². The predicted octanol–water partition coefficient (Wildman–Crippen LogP) is 2.21. The van der Waals surface area contributed by atoms with Gasteiger partial charge in [0.2, 0.25) is 5.91 Å². The van der Waals surface area contributed by atoms with E-state index in [1.165, 1.54) is 23.5 Å². The van der Waals surface area contributed by atoms with Crippen molar-refractivity contribution in [1.29, 1.82) is 0 Å². The van der Waals surface area contributed by atoms with Crippen LogP contribution in [0.1, 0.15) is 23.3 Å². The summed E-state index contributed by atoms with van der Waals surface area (Å²) in [4.78, 5) is 29.5. The van der Waals surface area contributed by atoms with Gasteiger partial charge in [-0.25, -0.2) is 9.37 Å². The first-order valence-electron chi connectivity index (χ1n) is 7.93. The van der Waals surface area contributed by atoms with Crippen LogP contribution in [0, 0.1) is 5.82 Å². The Morgan fingerprint density at radius 3 is 2.92 bits per heavy atom. The van der Waals surface area contributed by atoms with Crippen molar-refractivity contribution in [3.63, 3.8) is 0 Å². The summed E-state index contributed by atoms with van der Waals surface area (Å²) in [7, 11) is 0. The SMILES string of the molecule is O=C(N[C@H]1CCCNC1=O)c1csc2nc(-c3ccc(F)cc3)cn12. The molecule has 8 heteroatoms. The Morgan fingerprint density at radius 1 is 1.36 bits per heavy atom. The normalized spacial score (nSPS) is 17.5. The van der Waals surface area contributed by atoms with Crippen molar-refractivity contribution in [3.8, 4) is 11.3 Å². The van der Waals surface area contributed by atoms with E-state index in [1.807, 2.05) is 0 Å². The van der Waals surface area contributed by atoms with Crippen molar-refractivity contribution in [3.05, 3.63) is 47.4 Å². The highest BCUT2D eigenvalue weighted by molar-refractivity contribution is 7.15. The maximum atomic E-state index is 13.1. The second kappa shape index (κ2) is 6.29. The monoisotopic (exact) mass is 358 g/mol. The fourth-order valence-corrected chi connectivity index (χ4v) is 3.70. The standard InChI is InChI=1S/C17H15FN4O2S/c18-11-5-3-10(4-6-11)13-8-22-14(9-25-17(22)21-13)16(24)20-12-2-1-7-19-15(12)23/h3-6,8-9,12H,1-2,7H2,(H,19,23)(H,20,24)/t12-/m0/s1. The summed E-state index contributed by atoms with van der Waals surface area (Å²) < 4.78 is 14.8. The topological polar surface area (TPSA) is 75.5 Å². The fraction of sp³-hybridized carbons (Fsp3) is 0.235. The van der Waals surface area contributed by atoms with Crippen LogP contribution in [0.25, 0.3) is 16.2 Å². The van der Waals surface area contributed by atoms with Crippen LogP contribution in [0.5, 0.6) is 0 Å². The summed E-state index contributed by atoms with van der Waals surface area (Å²) in [5.74, 6) is -0.768. The first-order valence-corrected chi connectivity index (χ1v) is 8.81. The number of carbonyl (C=O) groups is 2. The molecule has 4 rings (SSSR count). The van der Waals surface area contributed by atoms with Gasteiger partial charge in [0.1, 0.15) is 17.6 Å². The van der Waals surface area contributed by atoms with E-state index in [9.17, 15) is 14.0 Å². The largest absolute Gasteiger partial charge is 0.354 e. The van der Waals surface area contributed by atoms with Crippen LogP contribution in [0.4, 0.5) is 4.39 Å². The fourth-order valence-electron chi connectivity index (χ4n) is 2.85. The molecule has 1 saturated heterocycles. The molecule has 0 radical (unpaired) electrons. The Kier molecular flexibility index (Phi) is 3.96. The zero-order valence-corrected chi connectivity index (χ0v) is 14.0. The molecule has 1 atom stereocenters. The minimum atomic E-state index is -0.503. The molecule has 0 saturated carbocycles. The van der Waals surface area contributed by atoms with Crippen LogP contribution < -0.4 is 10.6 Å². The van der Waals surface area contributed by atoms with Gasteiger partial charge in [0.25, 0.3) is 5.91 Å². The highest BCUT2D eigenvalue weighted by Crippen LogP contribution is 2.24. The summed E-state index contributed by atoms with van der Waals surface area (Å²) in [5, 5.41) is 7.24. The highest BCUT2D eigenvalue weighted by atomic mass is 32.1. The summed E-state index contributed by atoms with van der Waals surface area (Å²) in [6.45, 7) is 0.649. The average Bonchev–Trinajstić information content (AvgIpc) is 3.18. The number of benzene rings is 1. The second-order valence-corrected chi connectivity index (χ2v) is 6.70. The number of thiazole rings is 1. The predicted molar refractivity (Wildman–Crippen MR) is 92.0 cm³/mol. The number of imidazole rings is 1. The van der Waals surface area contributed by atoms with Crippen LogP contribution in [-0.4, -0.2) is 33.8 Å². The van der Waals surface area contributed by atoms with Gasteiger partial charge in [0.15, 0.2) is 4.96 Å². The molecule has 6 nitrogen and oxygen atoms in total. The zero-order valence-electron chi connectivity index (χ0n) is 13.2. The highest BCUT2D eigenvalue weighted by Gasteiger charge is 2.25. The number of hydrogen-bond donors (Lipinski definition) is 2. The molecule has 2 amide bonds. The Bertz CT molecular complexity index is 947. The number of carbonyl (C=O) groups excluding carboxylic acids is 2.